The number of benzene rings is 2. The molecule has 0 radical (unpaired) electrons. The number of nitrogens with zero attached hydrogens (tertiary/aromatic N) is 5. The summed E-state index contributed by atoms with van der Waals surface area (Å²) in [5.74, 6) is -0.927. The number of carbonyl (C=O) groups excluding carboxylic acids is 1. The number of rotatable bonds is 6. The summed E-state index contributed by atoms with van der Waals surface area (Å²) in [4.78, 5) is 25.8. The van der Waals surface area contributed by atoms with E-state index in [1.807, 2.05) is 41.1 Å². The van der Waals surface area contributed by atoms with E-state index >= 15 is 4.39 Å². The van der Waals surface area contributed by atoms with Gasteiger partial charge in [-0.2, -0.15) is 5.10 Å². The molecular weight excluding hydrogens is 524 g/mol. The molecule has 0 spiro atoms. The lowest BCUT2D eigenvalue weighted by atomic mass is 10.0. The Kier molecular flexibility index (Phi) is 5.31. The summed E-state index contributed by atoms with van der Waals surface area (Å²) in [5, 5.41) is 8.90. The Balaban J connectivity index is 1.23. The summed E-state index contributed by atoms with van der Waals surface area (Å²) < 4.78 is 33.8. The van der Waals surface area contributed by atoms with Crippen molar-refractivity contribution in [3.63, 3.8) is 0 Å². The minimum Gasteiger partial charge on any atom is -0.354 e. The van der Waals surface area contributed by atoms with E-state index in [4.69, 9.17) is 5.10 Å². The maximum atomic E-state index is 15.8. The Hall–Kier alpha value is -4.86. The summed E-state index contributed by atoms with van der Waals surface area (Å²) in [6.07, 6.45) is 6.14. The minimum atomic E-state index is -1.05. The van der Waals surface area contributed by atoms with Gasteiger partial charge >= 0.3 is 0 Å². The third-order valence-electron chi connectivity index (χ3n) is 8.12. The van der Waals surface area contributed by atoms with Gasteiger partial charge in [0.15, 0.2) is 11.5 Å². The normalized spacial score (nSPS) is 17.3. The second-order valence-corrected chi connectivity index (χ2v) is 10.8. The highest BCUT2D eigenvalue weighted by molar-refractivity contribution is 6.06. The van der Waals surface area contributed by atoms with Gasteiger partial charge in [-0.1, -0.05) is 18.2 Å². The number of H-pyrrole nitrogens is 1. The van der Waals surface area contributed by atoms with Crippen molar-refractivity contribution in [2.24, 2.45) is 0 Å². The molecule has 0 saturated heterocycles. The number of imidazole rings is 1. The highest BCUT2D eigenvalue weighted by Crippen LogP contribution is 2.39. The largest absolute Gasteiger partial charge is 0.354 e. The van der Waals surface area contributed by atoms with Crippen molar-refractivity contribution in [2.75, 3.05) is 0 Å². The fourth-order valence-corrected chi connectivity index (χ4v) is 5.96. The molecular formula is C31H25F2N7O. The highest BCUT2D eigenvalue weighted by Gasteiger charge is 2.35. The Morgan fingerprint density at radius 1 is 1.05 bits per heavy atom. The first-order chi connectivity index (χ1) is 20.0. The standard InChI is InChI=1S/C31H25F2N7O/c32-19-14-25-28(35-16-39(25)15-19)30(29-26(33)21-3-1-2-4-23(21)36-29)37-31(41)27-22-8-5-18(17-9-11-34-12-10-17)13-24(22)40(38-27)20-6-7-20/h1-5,8-13,16,19-20,30,36H,6-7,14-15H2,(H,37,41)/t19-,30?/m1/s1. The molecule has 10 heteroatoms. The van der Waals surface area contributed by atoms with Crippen molar-refractivity contribution in [1.29, 1.82) is 0 Å². The third kappa shape index (κ3) is 3.93. The van der Waals surface area contributed by atoms with Crippen LogP contribution in [0.2, 0.25) is 0 Å². The van der Waals surface area contributed by atoms with E-state index < -0.39 is 23.9 Å². The lowest BCUT2D eigenvalue weighted by molar-refractivity contribution is 0.0937. The number of carbonyl (C=O) groups is 1. The summed E-state index contributed by atoms with van der Waals surface area (Å²) in [5.41, 5.74) is 5.00. The molecule has 1 unspecified atom stereocenters. The number of alkyl halides is 1. The van der Waals surface area contributed by atoms with Gasteiger partial charge in [-0.15, -0.1) is 0 Å². The molecule has 1 saturated carbocycles. The van der Waals surface area contributed by atoms with Gasteiger partial charge in [0.25, 0.3) is 5.91 Å². The van der Waals surface area contributed by atoms with Crippen LogP contribution in [-0.4, -0.2) is 41.4 Å². The molecule has 2 N–H and O–H groups in total. The molecule has 41 heavy (non-hydrogen) atoms. The Labute approximate surface area is 233 Å². The van der Waals surface area contributed by atoms with E-state index in [0.29, 0.717) is 27.7 Å². The molecule has 6 aromatic rings. The molecule has 1 aliphatic heterocycles. The molecule has 4 aromatic heterocycles. The van der Waals surface area contributed by atoms with Crippen molar-refractivity contribution < 1.29 is 13.6 Å². The number of amides is 1. The molecule has 5 heterocycles. The van der Waals surface area contributed by atoms with Crippen LogP contribution < -0.4 is 5.32 Å². The van der Waals surface area contributed by atoms with Crippen molar-refractivity contribution in [1.82, 2.24) is 34.6 Å². The van der Waals surface area contributed by atoms with Gasteiger partial charge in [-0.05, 0) is 60.4 Å². The number of para-hydroxylation sites is 1. The molecule has 204 valence electrons. The van der Waals surface area contributed by atoms with E-state index in [1.54, 1.807) is 41.5 Å². The second-order valence-electron chi connectivity index (χ2n) is 10.8. The van der Waals surface area contributed by atoms with E-state index in [0.717, 1.165) is 29.5 Å². The number of hydrogen-bond acceptors (Lipinski definition) is 4. The zero-order valence-electron chi connectivity index (χ0n) is 21.9. The van der Waals surface area contributed by atoms with Crippen molar-refractivity contribution in [3.8, 4) is 11.1 Å². The Bertz CT molecular complexity index is 1950. The maximum absolute atomic E-state index is 15.8. The molecule has 2 aliphatic rings. The van der Waals surface area contributed by atoms with Crippen LogP contribution in [-0.2, 0) is 13.0 Å². The summed E-state index contributed by atoms with van der Waals surface area (Å²) in [6.45, 7) is 0.189. The number of fused-ring (bicyclic) bond motifs is 3. The molecule has 2 aromatic carbocycles. The highest BCUT2D eigenvalue weighted by atomic mass is 19.1. The Morgan fingerprint density at radius 2 is 1.88 bits per heavy atom. The number of pyridine rings is 1. The number of aromatic amines is 1. The molecule has 8 nitrogen and oxygen atoms in total. The summed E-state index contributed by atoms with van der Waals surface area (Å²) in [6, 6.07) is 16.1. The monoisotopic (exact) mass is 549 g/mol. The van der Waals surface area contributed by atoms with E-state index in [-0.39, 0.29) is 30.4 Å². The van der Waals surface area contributed by atoms with E-state index in [2.05, 4.69) is 20.3 Å². The number of aromatic nitrogens is 6. The maximum Gasteiger partial charge on any atom is 0.273 e. The first kappa shape index (κ1) is 24.0. The average Bonchev–Trinajstić information content (AvgIpc) is 3.33. The molecule has 2 atom stereocenters. The van der Waals surface area contributed by atoms with Crippen LogP contribution >= 0.6 is 0 Å². The van der Waals surface area contributed by atoms with Gasteiger partial charge in [0.1, 0.15) is 12.2 Å². The van der Waals surface area contributed by atoms with E-state index in [1.165, 1.54) is 0 Å². The van der Waals surface area contributed by atoms with Crippen LogP contribution in [0, 0.1) is 5.82 Å². The van der Waals surface area contributed by atoms with E-state index in [9.17, 15) is 9.18 Å². The average molecular weight is 550 g/mol. The zero-order chi connectivity index (χ0) is 27.7. The molecule has 1 amide bonds. The van der Waals surface area contributed by atoms with Gasteiger partial charge in [0.2, 0.25) is 0 Å². The van der Waals surface area contributed by atoms with Crippen molar-refractivity contribution in [2.45, 2.75) is 44.1 Å². The van der Waals surface area contributed by atoms with Crippen molar-refractivity contribution >= 4 is 27.7 Å². The first-order valence-corrected chi connectivity index (χ1v) is 13.7. The zero-order valence-corrected chi connectivity index (χ0v) is 21.9. The molecule has 1 aliphatic carbocycles. The van der Waals surface area contributed by atoms with Gasteiger partial charge < -0.3 is 14.9 Å². The number of hydrogen-bond donors (Lipinski definition) is 2. The second kappa shape index (κ2) is 9.09. The summed E-state index contributed by atoms with van der Waals surface area (Å²) in [7, 11) is 0. The van der Waals surface area contributed by atoms with Crippen LogP contribution in [0.5, 0.6) is 0 Å². The van der Waals surface area contributed by atoms with Gasteiger partial charge in [-0.3, -0.25) is 14.5 Å². The molecule has 1 fully saturated rings. The number of nitrogens with one attached hydrogen (secondary N) is 2. The molecule has 8 rings (SSSR count). The van der Waals surface area contributed by atoms with Crippen LogP contribution in [0.1, 0.15) is 52.5 Å². The smallest absolute Gasteiger partial charge is 0.273 e. The lowest BCUT2D eigenvalue weighted by Crippen LogP contribution is -2.31. The Morgan fingerprint density at radius 3 is 2.68 bits per heavy atom. The van der Waals surface area contributed by atoms with Gasteiger partial charge in [0, 0.05) is 40.8 Å². The first-order valence-electron chi connectivity index (χ1n) is 13.7. The quantitative estimate of drug-likeness (QED) is 0.280. The number of halogens is 2. The van der Waals surface area contributed by atoms with Gasteiger partial charge in [0.05, 0.1) is 35.8 Å². The van der Waals surface area contributed by atoms with Crippen LogP contribution in [0.15, 0.2) is 73.3 Å². The minimum absolute atomic E-state index is 0.153. The fraction of sp³-hybridized carbons (Fsp3) is 0.226. The van der Waals surface area contributed by atoms with Crippen LogP contribution in [0.25, 0.3) is 32.9 Å². The third-order valence-corrected chi connectivity index (χ3v) is 8.12. The lowest BCUT2D eigenvalue weighted by Gasteiger charge is -2.17. The molecule has 0 bridgehead atoms. The predicted molar refractivity (Wildman–Crippen MR) is 150 cm³/mol. The van der Waals surface area contributed by atoms with Crippen LogP contribution in [0.3, 0.4) is 0 Å². The SMILES string of the molecule is O=C(NC(c1ncn2c1C[C@@H](F)C2)c1[nH]c2ccccc2c1F)c1nn(C2CC2)c2cc(-c3ccncc3)ccc12. The fourth-order valence-electron chi connectivity index (χ4n) is 5.96. The van der Waals surface area contributed by atoms with Crippen LogP contribution in [0.4, 0.5) is 8.78 Å². The summed E-state index contributed by atoms with van der Waals surface area (Å²) >= 11 is 0. The predicted octanol–water partition coefficient (Wildman–Crippen LogP) is 5.66. The van der Waals surface area contributed by atoms with Crippen molar-refractivity contribution in [3.05, 3.63) is 102 Å². The topological polar surface area (TPSA) is 93.4 Å². The van der Waals surface area contributed by atoms with Gasteiger partial charge in [-0.25, -0.2) is 13.8 Å².